The summed E-state index contributed by atoms with van der Waals surface area (Å²) in [6.45, 7) is 2.30. The van der Waals surface area contributed by atoms with Crippen molar-refractivity contribution < 1.29 is 13.2 Å². The van der Waals surface area contributed by atoms with E-state index < -0.39 is 10.0 Å². The van der Waals surface area contributed by atoms with Crippen molar-refractivity contribution >= 4 is 26.0 Å². The first-order chi connectivity index (χ1) is 12.5. The molecule has 5 nitrogen and oxygen atoms in total. The van der Waals surface area contributed by atoms with Crippen molar-refractivity contribution in [3.05, 3.63) is 58.6 Å². The Balaban J connectivity index is 1.78. The Morgan fingerprint density at radius 1 is 1.08 bits per heavy atom. The molecule has 2 aromatic carbocycles. The van der Waals surface area contributed by atoms with Crippen LogP contribution in [0.5, 0.6) is 5.75 Å². The highest BCUT2D eigenvalue weighted by Crippen LogP contribution is 2.27. The number of hydrogen-bond donors (Lipinski definition) is 1. The third-order valence-electron chi connectivity index (χ3n) is 4.67. The Hall–Kier alpha value is -1.41. The predicted octanol–water partition coefficient (Wildman–Crippen LogP) is 3.57. The van der Waals surface area contributed by atoms with Crippen LogP contribution in [0.4, 0.5) is 0 Å². The molecule has 0 radical (unpaired) electrons. The van der Waals surface area contributed by atoms with Crippen LogP contribution in [0.15, 0.2) is 57.9 Å². The molecule has 1 heterocycles. The Kier molecular flexibility index (Phi) is 6.34. The average Bonchev–Trinajstić information content (AvgIpc) is 3.17. The number of nitrogens with one attached hydrogen (secondary N) is 1. The van der Waals surface area contributed by atoms with Gasteiger partial charge >= 0.3 is 0 Å². The number of likely N-dealkylation sites (tertiary alicyclic amines) is 1. The van der Waals surface area contributed by atoms with Gasteiger partial charge < -0.3 is 4.74 Å². The largest absolute Gasteiger partial charge is 0.497 e. The lowest BCUT2D eigenvalue weighted by Gasteiger charge is -2.28. The highest BCUT2D eigenvalue weighted by atomic mass is 79.9. The van der Waals surface area contributed by atoms with Gasteiger partial charge in [0.1, 0.15) is 5.75 Å². The molecule has 3 rings (SSSR count). The molecular weight excluding hydrogens is 416 g/mol. The van der Waals surface area contributed by atoms with E-state index in [2.05, 4.69) is 25.6 Å². The molecule has 0 bridgehead atoms. The number of nitrogens with zero attached hydrogens (tertiary/aromatic N) is 1. The third-order valence-corrected chi connectivity index (χ3v) is 6.64. The zero-order valence-corrected chi connectivity index (χ0v) is 17.1. The molecule has 0 amide bonds. The average molecular weight is 439 g/mol. The maximum atomic E-state index is 12.6. The van der Waals surface area contributed by atoms with Gasteiger partial charge in [0.05, 0.1) is 12.0 Å². The van der Waals surface area contributed by atoms with E-state index in [1.54, 1.807) is 31.4 Å². The van der Waals surface area contributed by atoms with Gasteiger partial charge in [-0.15, -0.1) is 0 Å². The topological polar surface area (TPSA) is 58.6 Å². The number of sulfonamides is 1. The van der Waals surface area contributed by atoms with Gasteiger partial charge in [-0.3, -0.25) is 4.90 Å². The molecule has 1 aliphatic rings. The fourth-order valence-corrected chi connectivity index (χ4v) is 4.53. The van der Waals surface area contributed by atoms with Gasteiger partial charge in [0, 0.05) is 17.1 Å². The second-order valence-corrected chi connectivity index (χ2v) is 9.02. The van der Waals surface area contributed by atoms with Crippen LogP contribution in [0, 0.1) is 0 Å². The SMILES string of the molecule is COc1ccc([C@H](CNS(=O)(=O)c2ccc(Br)cc2)N2CCCC2)cc1. The summed E-state index contributed by atoms with van der Waals surface area (Å²) < 4.78 is 34.1. The molecule has 2 aromatic rings. The van der Waals surface area contributed by atoms with Crippen LogP contribution in [0.1, 0.15) is 24.4 Å². The molecule has 1 aliphatic heterocycles. The number of ether oxygens (including phenoxy) is 1. The normalized spacial score (nSPS) is 16.5. The minimum absolute atomic E-state index is 0.00799. The molecule has 1 fully saturated rings. The van der Waals surface area contributed by atoms with Crippen molar-refractivity contribution in [2.24, 2.45) is 0 Å². The van der Waals surface area contributed by atoms with Gasteiger partial charge in [-0.1, -0.05) is 28.1 Å². The predicted molar refractivity (Wildman–Crippen MR) is 106 cm³/mol. The number of methoxy groups -OCH3 is 1. The smallest absolute Gasteiger partial charge is 0.240 e. The number of benzene rings is 2. The fraction of sp³-hybridized carbons (Fsp3) is 0.368. The van der Waals surface area contributed by atoms with Gasteiger partial charge in [-0.05, 0) is 67.9 Å². The van der Waals surface area contributed by atoms with Gasteiger partial charge in [0.15, 0.2) is 0 Å². The van der Waals surface area contributed by atoms with E-state index >= 15 is 0 Å². The monoisotopic (exact) mass is 438 g/mol. The molecule has 0 aromatic heterocycles. The molecule has 0 spiro atoms. The Morgan fingerprint density at radius 3 is 2.27 bits per heavy atom. The van der Waals surface area contributed by atoms with Crippen LogP contribution < -0.4 is 9.46 Å². The molecule has 0 unspecified atom stereocenters. The van der Waals surface area contributed by atoms with E-state index in [-0.39, 0.29) is 10.9 Å². The summed E-state index contributed by atoms with van der Waals surface area (Å²) in [4.78, 5) is 2.61. The lowest BCUT2D eigenvalue weighted by molar-refractivity contribution is 0.246. The molecular formula is C19H23BrN2O3S. The first-order valence-corrected chi connectivity index (χ1v) is 10.9. The summed E-state index contributed by atoms with van der Waals surface area (Å²) in [5.74, 6) is 0.796. The van der Waals surface area contributed by atoms with Gasteiger partial charge in [0.25, 0.3) is 0 Å². The van der Waals surface area contributed by atoms with Crippen molar-refractivity contribution in [2.75, 3.05) is 26.7 Å². The zero-order valence-electron chi connectivity index (χ0n) is 14.7. The van der Waals surface area contributed by atoms with E-state index in [0.717, 1.165) is 41.7 Å². The third kappa shape index (κ3) is 4.65. The van der Waals surface area contributed by atoms with Crippen LogP contribution in [-0.4, -0.2) is 40.1 Å². The van der Waals surface area contributed by atoms with Gasteiger partial charge in [-0.25, -0.2) is 13.1 Å². The van der Waals surface area contributed by atoms with Crippen LogP contribution >= 0.6 is 15.9 Å². The lowest BCUT2D eigenvalue weighted by Crippen LogP contribution is -2.36. The molecule has 1 atom stereocenters. The van der Waals surface area contributed by atoms with E-state index in [4.69, 9.17) is 4.74 Å². The van der Waals surface area contributed by atoms with Gasteiger partial charge in [0.2, 0.25) is 10.0 Å². The van der Waals surface area contributed by atoms with Crippen molar-refractivity contribution in [1.82, 2.24) is 9.62 Å². The standard InChI is InChI=1S/C19H23BrN2O3S/c1-25-17-8-4-15(5-9-17)19(22-12-2-3-13-22)14-21-26(23,24)18-10-6-16(20)7-11-18/h4-11,19,21H,2-3,12-14H2,1H3/t19-/m0/s1. The van der Waals surface area contributed by atoms with Crippen LogP contribution in [-0.2, 0) is 10.0 Å². The lowest BCUT2D eigenvalue weighted by atomic mass is 10.1. The maximum Gasteiger partial charge on any atom is 0.240 e. The maximum absolute atomic E-state index is 12.6. The van der Waals surface area contributed by atoms with Crippen molar-refractivity contribution in [3.8, 4) is 5.75 Å². The Morgan fingerprint density at radius 2 is 1.69 bits per heavy atom. The van der Waals surface area contributed by atoms with Gasteiger partial charge in [-0.2, -0.15) is 0 Å². The van der Waals surface area contributed by atoms with Crippen molar-refractivity contribution in [3.63, 3.8) is 0 Å². The molecule has 26 heavy (non-hydrogen) atoms. The minimum Gasteiger partial charge on any atom is -0.497 e. The highest BCUT2D eigenvalue weighted by molar-refractivity contribution is 9.10. The van der Waals surface area contributed by atoms with E-state index in [0.29, 0.717) is 6.54 Å². The van der Waals surface area contributed by atoms with E-state index in [1.165, 1.54) is 0 Å². The van der Waals surface area contributed by atoms with Crippen molar-refractivity contribution in [1.29, 1.82) is 0 Å². The summed E-state index contributed by atoms with van der Waals surface area (Å²) in [5.41, 5.74) is 1.09. The highest BCUT2D eigenvalue weighted by Gasteiger charge is 2.25. The Bertz CT molecular complexity index is 817. The summed E-state index contributed by atoms with van der Waals surface area (Å²) in [6, 6.07) is 14.5. The quantitative estimate of drug-likeness (QED) is 0.717. The van der Waals surface area contributed by atoms with E-state index in [1.807, 2.05) is 24.3 Å². The van der Waals surface area contributed by atoms with E-state index in [9.17, 15) is 8.42 Å². The minimum atomic E-state index is -3.54. The number of hydrogen-bond acceptors (Lipinski definition) is 4. The first kappa shape index (κ1) is 19.4. The molecule has 1 saturated heterocycles. The molecule has 7 heteroatoms. The van der Waals surface area contributed by atoms with Crippen LogP contribution in [0.25, 0.3) is 0 Å². The van der Waals surface area contributed by atoms with Crippen molar-refractivity contribution in [2.45, 2.75) is 23.8 Å². The van der Waals surface area contributed by atoms with Crippen LogP contribution in [0.3, 0.4) is 0 Å². The molecule has 1 N–H and O–H groups in total. The Labute approximate surface area is 163 Å². The second-order valence-electron chi connectivity index (χ2n) is 6.34. The molecule has 0 aliphatic carbocycles. The first-order valence-electron chi connectivity index (χ1n) is 8.63. The summed E-state index contributed by atoms with van der Waals surface area (Å²) >= 11 is 3.33. The fourth-order valence-electron chi connectivity index (χ4n) is 3.22. The number of rotatable bonds is 7. The number of halogens is 1. The molecule has 140 valence electrons. The molecule has 0 saturated carbocycles. The zero-order chi connectivity index (χ0) is 18.6. The summed E-state index contributed by atoms with van der Waals surface area (Å²) in [6.07, 6.45) is 2.29. The van der Waals surface area contributed by atoms with Crippen LogP contribution in [0.2, 0.25) is 0 Å². The second kappa shape index (κ2) is 8.52. The summed E-state index contributed by atoms with van der Waals surface area (Å²) in [7, 11) is -1.91. The summed E-state index contributed by atoms with van der Waals surface area (Å²) in [5, 5.41) is 0.